The lowest BCUT2D eigenvalue weighted by Gasteiger charge is -2.14. The third-order valence-corrected chi connectivity index (χ3v) is 3.43. The third-order valence-electron chi connectivity index (χ3n) is 3.43. The van der Waals surface area contributed by atoms with Crippen LogP contribution in [0.15, 0.2) is 48.5 Å². The largest absolute Gasteiger partial charge is 0.491 e. The highest BCUT2D eigenvalue weighted by Gasteiger charge is 2.19. The van der Waals surface area contributed by atoms with E-state index in [0.29, 0.717) is 17.0 Å². The first-order chi connectivity index (χ1) is 11.8. The van der Waals surface area contributed by atoms with Gasteiger partial charge in [-0.1, -0.05) is 17.7 Å². The van der Waals surface area contributed by atoms with Gasteiger partial charge in [0.2, 0.25) is 0 Å². The van der Waals surface area contributed by atoms with Crippen molar-refractivity contribution in [1.29, 1.82) is 0 Å². The Kier molecular flexibility index (Phi) is 6.17. The van der Waals surface area contributed by atoms with Crippen molar-refractivity contribution in [2.45, 2.75) is 39.9 Å². The van der Waals surface area contributed by atoms with Crippen LogP contribution < -0.4 is 10.1 Å². The molecule has 0 unspecified atom stereocenters. The van der Waals surface area contributed by atoms with Crippen molar-refractivity contribution < 1.29 is 19.1 Å². The van der Waals surface area contributed by atoms with Crippen molar-refractivity contribution in [3.8, 4) is 5.75 Å². The Hall–Kier alpha value is -2.82. The first kappa shape index (κ1) is 18.5. The van der Waals surface area contributed by atoms with E-state index < -0.39 is 12.1 Å². The molecule has 5 nitrogen and oxygen atoms in total. The summed E-state index contributed by atoms with van der Waals surface area (Å²) in [6, 6.07) is 14.0. The Morgan fingerprint density at radius 1 is 0.920 bits per heavy atom. The van der Waals surface area contributed by atoms with Crippen LogP contribution in [-0.2, 0) is 9.53 Å². The van der Waals surface area contributed by atoms with Crippen LogP contribution >= 0.6 is 0 Å². The molecule has 132 valence electrons. The number of anilines is 1. The highest BCUT2D eigenvalue weighted by molar-refractivity contribution is 5.97. The van der Waals surface area contributed by atoms with E-state index in [-0.39, 0.29) is 12.0 Å². The summed E-state index contributed by atoms with van der Waals surface area (Å²) in [6.45, 7) is 7.36. The van der Waals surface area contributed by atoms with Gasteiger partial charge in [0, 0.05) is 5.69 Å². The zero-order chi connectivity index (χ0) is 18.4. The van der Waals surface area contributed by atoms with E-state index in [2.05, 4.69) is 5.32 Å². The Morgan fingerprint density at radius 3 is 2.08 bits per heavy atom. The number of amides is 1. The molecule has 2 rings (SSSR count). The van der Waals surface area contributed by atoms with Gasteiger partial charge in [-0.3, -0.25) is 4.79 Å². The van der Waals surface area contributed by atoms with Gasteiger partial charge in [0.1, 0.15) is 5.75 Å². The number of hydrogen-bond acceptors (Lipinski definition) is 4. The Labute approximate surface area is 148 Å². The molecule has 0 aromatic heterocycles. The van der Waals surface area contributed by atoms with Crippen LogP contribution in [-0.4, -0.2) is 24.1 Å². The van der Waals surface area contributed by atoms with E-state index in [1.54, 1.807) is 36.4 Å². The topological polar surface area (TPSA) is 64.6 Å². The molecule has 0 heterocycles. The van der Waals surface area contributed by atoms with Gasteiger partial charge in [-0.15, -0.1) is 0 Å². The number of carbonyl (C=O) groups excluding carboxylic acids is 2. The summed E-state index contributed by atoms with van der Waals surface area (Å²) in [5.41, 5.74) is 2.13. The molecule has 2 aromatic carbocycles. The smallest absolute Gasteiger partial charge is 0.338 e. The molecule has 0 fully saturated rings. The average Bonchev–Trinajstić information content (AvgIpc) is 2.57. The van der Waals surface area contributed by atoms with Crippen molar-refractivity contribution in [3.63, 3.8) is 0 Å². The van der Waals surface area contributed by atoms with Gasteiger partial charge in [0.25, 0.3) is 5.91 Å². The molecule has 1 amide bonds. The fourth-order valence-electron chi connectivity index (χ4n) is 2.10. The number of benzene rings is 2. The summed E-state index contributed by atoms with van der Waals surface area (Å²) in [4.78, 5) is 24.3. The van der Waals surface area contributed by atoms with E-state index in [1.807, 2.05) is 32.9 Å². The number of aryl methyl sites for hydroxylation is 1. The lowest BCUT2D eigenvalue weighted by atomic mass is 10.2. The van der Waals surface area contributed by atoms with Crippen LogP contribution in [0.25, 0.3) is 0 Å². The maximum Gasteiger partial charge on any atom is 0.338 e. The zero-order valence-corrected chi connectivity index (χ0v) is 14.9. The third kappa shape index (κ3) is 5.64. The number of esters is 1. The molecule has 0 bridgehead atoms. The van der Waals surface area contributed by atoms with Crippen LogP contribution in [0.1, 0.15) is 36.7 Å². The highest BCUT2D eigenvalue weighted by Crippen LogP contribution is 2.15. The molecule has 2 aromatic rings. The van der Waals surface area contributed by atoms with Crippen molar-refractivity contribution in [2.24, 2.45) is 0 Å². The van der Waals surface area contributed by atoms with Crippen LogP contribution in [0, 0.1) is 6.92 Å². The van der Waals surface area contributed by atoms with Crippen molar-refractivity contribution >= 4 is 17.6 Å². The predicted molar refractivity (Wildman–Crippen MR) is 96.9 cm³/mol. The first-order valence-electron chi connectivity index (χ1n) is 8.20. The maximum absolute atomic E-state index is 12.1. The molecular formula is C20H23NO4. The molecule has 0 spiro atoms. The monoisotopic (exact) mass is 341 g/mol. The molecule has 0 aliphatic heterocycles. The molecule has 1 N–H and O–H groups in total. The molecule has 0 radical (unpaired) electrons. The van der Waals surface area contributed by atoms with Gasteiger partial charge in [-0.2, -0.15) is 0 Å². The predicted octanol–water partition coefficient (Wildman–Crippen LogP) is 3.97. The van der Waals surface area contributed by atoms with E-state index in [4.69, 9.17) is 9.47 Å². The van der Waals surface area contributed by atoms with Gasteiger partial charge >= 0.3 is 5.97 Å². The Balaban J connectivity index is 1.92. The van der Waals surface area contributed by atoms with E-state index in [0.717, 1.165) is 5.56 Å². The average molecular weight is 341 g/mol. The van der Waals surface area contributed by atoms with E-state index in [9.17, 15) is 9.59 Å². The van der Waals surface area contributed by atoms with Crippen molar-refractivity contribution in [1.82, 2.24) is 0 Å². The quantitative estimate of drug-likeness (QED) is 0.808. The van der Waals surface area contributed by atoms with Crippen molar-refractivity contribution in [3.05, 3.63) is 59.7 Å². The number of rotatable bonds is 6. The fourth-order valence-corrected chi connectivity index (χ4v) is 2.10. The number of carbonyl (C=O) groups is 2. The Morgan fingerprint density at radius 2 is 1.52 bits per heavy atom. The van der Waals surface area contributed by atoms with Crippen LogP contribution in [0.5, 0.6) is 5.75 Å². The summed E-state index contributed by atoms with van der Waals surface area (Å²) in [5.74, 6) is -0.253. The van der Waals surface area contributed by atoms with Gasteiger partial charge < -0.3 is 14.8 Å². The summed E-state index contributed by atoms with van der Waals surface area (Å²) in [5, 5.41) is 2.72. The first-order valence-corrected chi connectivity index (χ1v) is 8.20. The standard InChI is InChI=1S/C20H23NO4/c1-13(2)24-18-11-7-16(8-12-18)20(23)25-15(4)19(22)21-17-9-5-14(3)6-10-17/h5-13,15H,1-4H3,(H,21,22)/t15-/m1/s1. The molecule has 0 aliphatic carbocycles. The number of ether oxygens (including phenoxy) is 2. The van der Waals surface area contributed by atoms with Crippen LogP contribution in [0.2, 0.25) is 0 Å². The van der Waals surface area contributed by atoms with Crippen molar-refractivity contribution in [2.75, 3.05) is 5.32 Å². The van der Waals surface area contributed by atoms with Gasteiger partial charge in [-0.05, 0) is 64.1 Å². The van der Waals surface area contributed by atoms with Gasteiger partial charge in [0.05, 0.1) is 11.7 Å². The second kappa shape index (κ2) is 8.33. The minimum absolute atomic E-state index is 0.0586. The molecular weight excluding hydrogens is 318 g/mol. The van der Waals surface area contributed by atoms with Gasteiger partial charge in [0.15, 0.2) is 6.10 Å². The Bertz CT molecular complexity index is 720. The SMILES string of the molecule is Cc1ccc(NC(=O)[C@@H](C)OC(=O)c2ccc(OC(C)C)cc2)cc1. The van der Waals surface area contributed by atoms with Gasteiger partial charge in [-0.25, -0.2) is 4.79 Å². The van der Waals surface area contributed by atoms with E-state index >= 15 is 0 Å². The number of hydrogen-bond donors (Lipinski definition) is 1. The highest BCUT2D eigenvalue weighted by atomic mass is 16.5. The molecule has 1 atom stereocenters. The van der Waals surface area contributed by atoms with E-state index in [1.165, 1.54) is 6.92 Å². The number of nitrogens with one attached hydrogen (secondary N) is 1. The zero-order valence-electron chi connectivity index (χ0n) is 14.9. The summed E-state index contributed by atoms with van der Waals surface area (Å²) < 4.78 is 10.8. The minimum atomic E-state index is -0.902. The summed E-state index contributed by atoms with van der Waals surface area (Å²) in [6.07, 6.45) is -0.844. The summed E-state index contributed by atoms with van der Waals surface area (Å²) >= 11 is 0. The lowest BCUT2D eigenvalue weighted by Crippen LogP contribution is -2.30. The molecule has 25 heavy (non-hydrogen) atoms. The molecule has 0 saturated heterocycles. The normalized spacial score (nSPS) is 11.7. The van der Waals surface area contributed by atoms with Crippen LogP contribution in [0.4, 0.5) is 5.69 Å². The second-order valence-corrected chi connectivity index (χ2v) is 6.09. The maximum atomic E-state index is 12.1. The second-order valence-electron chi connectivity index (χ2n) is 6.09. The minimum Gasteiger partial charge on any atom is -0.491 e. The fraction of sp³-hybridized carbons (Fsp3) is 0.300. The van der Waals surface area contributed by atoms with Crippen LogP contribution in [0.3, 0.4) is 0 Å². The lowest BCUT2D eigenvalue weighted by molar-refractivity contribution is -0.123. The molecule has 0 saturated carbocycles. The molecule has 0 aliphatic rings. The molecule has 5 heteroatoms. The summed E-state index contributed by atoms with van der Waals surface area (Å²) in [7, 11) is 0.